The molecule has 0 spiro atoms. The molecule has 0 aromatic carbocycles. The van der Waals surface area contributed by atoms with Crippen molar-refractivity contribution in [2.24, 2.45) is 0 Å². The van der Waals surface area contributed by atoms with Gasteiger partial charge < -0.3 is 4.55 Å². The van der Waals surface area contributed by atoms with Crippen molar-refractivity contribution in [2.75, 3.05) is 11.5 Å². The molecular weight excluding hydrogens is 447 g/mol. The summed E-state index contributed by atoms with van der Waals surface area (Å²) in [4.78, 5) is 20.9. The lowest BCUT2D eigenvalue weighted by Crippen LogP contribution is -2.63. The Bertz CT molecular complexity index is 639. The second kappa shape index (κ2) is 8.55. The molecule has 27 heavy (non-hydrogen) atoms. The van der Waals surface area contributed by atoms with Crippen molar-refractivity contribution in [2.45, 2.75) is 42.5 Å². The maximum absolute atomic E-state index is 12.2. The van der Waals surface area contributed by atoms with Crippen molar-refractivity contribution in [3.8, 4) is 0 Å². The Labute approximate surface area is 149 Å². The smallest absolute Gasteiger partial charge is 0.460 e. The largest absolute Gasteiger partial charge is 0.743 e. The second-order valence-corrected chi connectivity index (χ2v) is 8.64. The number of alkyl halides is 9. The standard InChI is InChI=1S/C7H11O2S.C4HF9O3S/c8-6-7(9)10-4-2-1-3-5-10;5-1(6,3(9,10)11)2(7,8)4(12,13)17(14,15)16/h6H,1-5H2;(H,14,15,16)/q+1;/p-1. The molecule has 0 radical (unpaired) electrons. The molecule has 16 heteroatoms. The Hall–Kier alpha value is -1.03. The molecule has 0 aromatic rings. The van der Waals surface area contributed by atoms with E-state index in [0.29, 0.717) is 6.29 Å². The van der Waals surface area contributed by atoms with Crippen LogP contribution in [0.25, 0.3) is 0 Å². The molecule has 1 aliphatic rings. The number of hydrogen-bond donors (Lipinski definition) is 0. The van der Waals surface area contributed by atoms with Crippen LogP contribution < -0.4 is 0 Å². The topological polar surface area (TPSA) is 91.3 Å². The van der Waals surface area contributed by atoms with Crippen molar-refractivity contribution < 1.29 is 62.1 Å². The van der Waals surface area contributed by atoms with Crippen molar-refractivity contribution in [3.63, 3.8) is 0 Å². The van der Waals surface area contributed by atoms with Gasteiger partial charge in [0.1, 0.15) is 11.5 Å². The Balaban J connectivity index is 0.000000569. The fourth-order valence-electron chi connectivity index (χ4n) is 1.62. The van der Waals surface area contributed by atoms with Crippen molar-refractivity contribution in [1.82, 2.24) is 0 Å². The number of halogens is 9. The Morgan fingerprint density at radius 3 is 1.56 bits per heavy atom. The minimum Gasteiger partial charge on any atom is -0.743 e. The summed E-state index contributed by atoms with van der Waals surface area (Å²) in [6, 6.07) is 0. The lowest BCUT2D eigenvalue weighted by molar-refractivity contribution is -0.382. The van der Waals surface area contributed by atoms with Crippen molar-refractivity contribution >= 4 is 32.4 Å². The third-order valence-electron chi connectivity index (χ3n) is 3.09. The molecule has 0 bridgehead atoms. The van der Waals surface area contributed by atoms with Crippen LogP contribution in [0.2, 0.25) is 0 Å². The van der Waals surface area contributed by atoms with Crippen LogP contribution in [0.3, 0.4) is 0 Å². The zero-order valence-corrected chi connectivity index (χ0v) is 14.5. The third-order valence-corrected chi connectivity index (χ3v) is 6.20. The average Bonchev–Trinajstić information content (AvgIpc) is 2.53. The maximum Gasteiger partial charge on any atom is 0.460 e. The normalized spacial score (nSPS) is 17.7. The van der Waals surface area contributed by atoms with Gasteiger partial charge in [0.15, 0.2) is 10.1 Å². The SMILES string of the molecule is O=CC(=O)[S+]1CCCCC1.O=S(=O)([O-])C(F)(F)C(F)(F)C(F)(F)C(F)(F)F. The molecule has 0 N–H and O–H groups in total. The first-order valence-corrected chi connectivity index (χ1v) is 9.64. The van der Waals surface area contributed by atoms with E-state index < -0.39 is 33.4 Å². The van der Waals surface area contributed by atoms with Gasteiger partial charge in [0.25, 0.3) is 0 Å². The number of hydrogen-bond acceptors (Lipinski definition) is 5. The quantitative estimate of drug-likeness (QED) is 0.212. The van der Waals surface area contributed by atoms with E-state index in [9.17, 15) is 62.1 Å². The fourth-order valence-corrected chi connectivity index (χ4v) is 3.91. The molecule has 1 rings (SSSR count). The van der Waals surface area contributed by atoms with Crippen LogP contribution >= 0.6 is 0 Å². The molecule has 0 saturated carbocycles. The van der Waals surface area contributed by atoms with Crippen LogP contribution in [0.4, 0.5) is 39.5 Å². The molecule has 1 aliphatic heterocycles. The molecule has 5 nitrogen and oxygen atoms in total. The van der Waals surface area contributed by atoms with E-state index in [0.717, 1.165) is 24.3 Å². The predicted octanol–water partition coefficient (Wildman–Crippen LogP) is 2.47. The van der Waals surface area contributed by atoms with Crippen molar-refractivity contribution in [3.05, 3.63) is 0 Å². The Kier molecular flexibility index (Phi) is 8.22. The Morgan fingerprint density at radius 2 is 1.26 bits per heavy atom. The van der Waals surface area contributed by atoms with Gasteiger partial charge in [-0.25, -0.2) is 13.2 Å². The lowest BCUT2D eigenvalue weighted by atomic mass is 10.1. The van der Waals surface area contributed by atoms with Gasteiger partial charge in [0.05, 0.1) is 10.9 Å². The number of carbonyl (C=O) groups excluding carboxylic acids is 2. The minimum absolute atomic E-state index is 0.167. The van der Waals surface area contributed by atoms with Gasteiger partial charge in [-0.3, -0.25) is 4.79 Å². The molecule has 0 atom stereocenters. The number of aldehydes is 1. The summed E-state index contributed by atoms with van der Waals surface area (Å²) in [7, 11) is -7.61. The summed E-state index contributed by atoms with van der Waals surface area (Å²) < 4.78 is 135. The molecule has 0 aliphatic carbocycles. The van der Waals surface area contributed by atoms with Gasteiger partial charge in [0.2, 0.25) is 6.29 Å². The molecule has 0 aromatic heterocycles. The first-order valence-electron chi connectivity index (χ1n) is 6.66. The van der Waals surface area contributed by atoms with Crippen LogP contribution in [0.5, 0.6) is 0 Å². The minimum atomic E-state index is -7.43. The van der Waals surface area contributed by atoms with E-state index in [1.165, 1.54) is 6.42 Å². The summed E-state index contributed by atoms with van der Waals surface area (Å²) >= 11 is 0. The Morgan fingerprint density at radius 1 is 0.852 bits per heavy atom. The lowest BCUT2D eigenvalue weighted by Gasteiger charge is -2.34. The zero-order chi connectivity index (χ0) is 21.9. The van der Waals surface area contributed by atoms with E-state index in [-0.39, 0.29) is 16.0 Å². The average molecular weight is 458 g/mol. The van der Waals surface area contributed by atoms with Crippen LogP contribution in [0.15, 0.2) is 0 Å². The highest BCUT2D eigenvalue weighted by atomic mass is 32.2. The summed E-state index contributed by atoms with van der Waals surface area (Å²) in [5, 5.41) is -7.28. The van der Waals surface area contributed by atoms with E-state index in [4.69, 9.17) is 0 Å². The van der Waals surface area contributed by atoms with E-state index in [1.807, 2.05) is 0 Å². The summed E-state index contributed by atoms with van der Waals surface area (Å²) in [6.07, 6.45) is -3.19. The first-order chi connectivity index (χ1) is 11.8. The molecule has 1 saturated heterocycles. The highest BCUT2D eigenvalue weighted by Gasteiger charge is 2.83. The predicted molar refractivity (Wildman–Crippen MR) is 72.6 cm³/mol. The van der Waals surface area contributed by atoms with Gasteiger partial charge in [-0.1, -0.05) is 0 Å². The number of carbonyl (C=O) groups is 2. The second-order valence-electron chi connectivity index (χ2n) is 5.02. The van der Waals surface area contributed by atoms with E-state index >= 15 is 0 Å². The van der Waals surface area contributed by atoms with Gasteiger partial charge >= 0.3 is 28.4 Å². The zero-order valence-electron chi connectivity index (χ0n) is 12.9. The first kappa shape index (κ1) is 26.0. The summed E-state index contributed by atoms with van der Waals surface area (Å²) in [6.45, 7) is 0. The van der Waals surface area contributed by atoms with Crippen LogP contribution in [-0.2, 0) is 30.6 Å². The van der Waals surface area contributed by atoms with Gasteiger partial charge in [-0.15, -0.1) is 0 Å². The highest BCUT2D eigenvalue weighted by Crippen LogP contribution is 2.54. The molecule has 0 amide bonds. The van der Waals surface area contributed by atoms with E-state index in [2.05, 4.69) is 0 Å². The van der Waals surface area contributed by atoms with Crippen LogP contribution in [-0.4, -0.2) is 59.2 Å². The summed E-state index contributed by atoms with van der Waals surface area (Å²) in [5.41, 5.74) is 0. The molecule has 160 valence electrons. The summed E-state index contributed by atoms with van der Waals surface area (Å²) in [5.74, 6) is -12.9. The number of rotatable bonds is 4. The fraction of sp³-hybridized carbons (Fsp3) is 0.818. The van der Waals surface area contributed by atoms with Crippen LogP contribution in [0, 0.1) is 0 Å². The molecule has 0 unspecified atom stereocenters. The van der Waals surface area contributed by atoms with Gasteiger partial charge in [-0.05, 0) is 19.3 Å². The molecule has 1 heterocycles. The van der Waals surface area contributed by atoms with Gasteiger partial charge in [0, 0.05) is 0 Å². The monoisotopic (exact) mass is 458 g/mol. The van der Waals surface area contributed by atoms with E-state index in [1.54, 1.807) is 0 Å². The van der Waals surface area contributed by atoms with Gasteiger partial charge in [-0.2, -0.15) is 39.5 Å². The van der Waals surface area contributed by atoms with Crippen molar-refractivity contribution in [1.29, 1.82) is 0 Å². The molecule has 1 fully saturated rings. The highest BCUT2D eigenvalue weighted by molar-refractivity contribution is 8.12. The maximum atomic E-state index is 12.2. The molecular formula is C11H11F9O5S2. The third kappa shape index (κ3) is 5.49. The van der Waals surface area contributed by atoms with Crippen LogP contribution in [0.1, 0.15) is 19.3 Å².